The van der Waals surface area contributed by atoms with Crippen molar-refractivity contribution in [3.8, 4) is 11.5 Å². The molecule has 10 rings (SSSR count). The van der Waals surface area contributed by atoms with Crippen molar-refractivity contribution in [1.29, 1.82) is 0 Å². The van der Waals surface area contributed by atoms with Gasteiger partial charge >= 0.3 is 10.4 Å². The first-order chi connectivity index (χ1) is 25.4. The molecule has 10 unspecified atom stereocenters. The van der Waals surface area contributed by atoms with Crippen LogP contribution >= 0.6 is 0 Å². The van der Waals surface area contributed by atoms with Crippen molar-refractivity contribution in [3.05, 3.63) is 97.4 Å². The minimum atomic E-state index is -4.67. The zero-order chi connectivity index (χ0) is 37.9. The van der Waals surface area contributed by atoms with Gasteiger partial charge in [-0.15, -0.1) is 13.2 Å². The molecule has 6 aliphatic rings. The Morgan fingerprint density at radius 2 is 1.11 bits per heavy atom. The van der Waals surface area contributed by atoms with Crippen molar-refractivity contribution in [3.63, 3.8) is 0 Å². The third kappa shape index (κ3) is 9.86. The molecule has 4 bridgehead atoms. The van der Waals surface area contributed by atoms with E-state index in [1.807, 2.05) is 48.5 Å². The first kappa shape index (κ1) is 43.7. The van der Waals surface area contributed by atoms with Gasteiger partial charge < -0.3 is 30.6 Å². The summed E-state index contributed by atoms with van der Waals surface area (Å²) in [4.78, 5) is 13.7. The molecule has 6 aliphatic heterocycles. The number of ether oxygens (including phenoxy) is 2. The average molecular weight is 783 g/mol. The molecule has 6 saturated heterocycles. The highest BCUT2D eigenvalue weighted by atomic mass is 32.3. The van der Waals surface area contributed by atoms with E-state index in [-0.39, 0.29) is 23.0 Å². The number of aromatic nitrogens is 2. The molecule has 8 N–H and O–H groups in total. The Hall–Kier alpha value is -4.03. The normalized spacial score (nSPS) is 27.5. The third-order valence-electron chi connectivity index (χ3n) is 11.6. The van der Waals surface area contributed by atoms with Crippen LogP contribution in [0.4, 0.5) is 0 Å². The lowest BCUT2D eigenvalue weighted by molar-refractivity contribution is -0.0445. The van der Waals surface area contributed by atoms with Crippen molar-refractivity contribution in [1.82, 2.24) is 19.8 Å². The number of piperidine rings is 6. The Bertz CT molecular complexity index is 1900. The van der Waals surface area contributed by atoms with Crippen molar-refractivity contribution >= 4 is 32.2 Å². The van der Waals surface area contributed by atoms with Crippen LogP contribution in [0.2, 0.25) is 0 Å². The lowest BCUT2D eigenvalue weighted by atomic mass is 9.73. The van der Waals surface area contributed by atoms with E-state index in [1.54, 1.807) is 26.6 Å². The fourth-order valence-corrected chi connectivity index (χ4v) is 8.89. The minimum absolute atomic E-state index is 0. The molecular formula is C40H54N4O10S. The first-order valence-corrected chi connectivity index (χ1v) is 19.5. The van der Waals surface area contributed by atoms with Crippen LogP contribution in [0.1, 0.15) is 49.0 Å². The number of pyridine rings is 2. The molecule has 0 spiro atoms. The standard InChI is InChI=1S/2C20H24N2O2.H2O4S.2H2O/c2*1-3-13-12-22-9-7-14(13)10-19(22)20(23)16-6-8-21-18-5-4-15(24-2)11-17(16)18;1-5(2,3)4;;/h2*3-6,8,11,13-14,19-20,23H,1,7,9-10,12H2,2H3;(H2,1,2,3,4);2*1H2. The molecule has 0 amide bonds. The summed E-state index contributed by atoms with van der Waals surface area (Å²) in [5.74, 6) is 4.01. The van der Waals surface area contributed by atoms with Gasteiger partial charge in [0.15, 0.2) is 0 Å². The van der Waals surface area contributed by atoms with Gasteiger partial charge in [0.2, 0.25) is 0 Å². The summed E-state index contributed by atoms with van der Waals surface area (Å²) < 4.78 is 42.3. The highest BCUT2D eigenvalue weighted by Crippen LogP contribution is 2.43. The molecule has 0 saturated carbocycles. The number of aliphatic hydroxyl groups excluding tert-OH is 2. The largest absolute Gasteiger partial charge is 0.497 e. The summed E-state index contributed by atoms with van der Waals surface area (Å²) in [6.45, 7) is 12.1. The van der Waals surface area contributed by atoms with E-state index in [2.05, 4.69) is 45.1 Å². The van der Waals surface area contributed by atoms with E-state index in [0.717, 1.165) is 83.5 Å². The molecule has 8 heterocycles. The van der Waals surface area contributed by atoms with E-state index >= 15 is 0 Å². The van der Waals surface area contributed by atoms with Crippen molar-refractivity contribution < 1.29 is 48.2 Å². The predicted molar refractivity (Wildman–Crippen MR) is 211 cm³/mol. The van der Waals surface area contributed by atoms with Crippen LogP contribution in [-0.2, 0) is 10.4 Å². The molecule has 0 aliphatic carbocycles. The number of hydrogen-bond donors (Lipinski definition) is 4. The highest BCUT2D eigenvalue weighted by Gasteiger charge is 2.43. The molecule has 15 heteroatoms. The number of hydrogen-bond acceptors (Lipinski definition) is 10. The summed E-state index contributed by atoms with van der Waals surface area (Å²) >= 11 is 0. The second kappa shape index (κ2) is 18.7. The quantitative estimate of drug-likeness (QED) is 0.147. The van der Waals surface area contributed by atoms with E-state index in [4.69, 9.17) is 27.0 Å². The van der Waals surface area contributed by atoms with Crippen LogP contribution in [0.5, 0.6) is 11.5 Å². The number of fused-ring (bicyclic) bond motifs is 8. The zero-order valence-electron chi connectivity index (χ0n) is 31.2. The monoisotopic (exact) mass is 782 g/mol. The van der Waals surface area contributed by atoms with Crippen LogP contribution in [0.3, 0.4) is 0 Å². The van der Waals surface area contributed by atoms with Gasteiger partial charge in [-0.05, 0) is 122 Å². The van der Waals surface area contributed by atoms with Gasteiger partial charge in [0.25, 0.3) is 0 Å². The Balaban J connectivity index is 0.000000211. The van der Waals surface area contributed by atoms with Crippen molar-refractivity contribution in [2.45, 2.75) is 50.0 Å². The molecule has 14 nitrogen and oxygen atoms in total. The number of nitrogens with zero attached hydrogens (tertiary/aromatic N) is 4. The summed E-state index contributed by atoms with van der Waals surface area (Å²) in [6, 6.07) is 15.9. The topological polar surface area (TPSA) is 229 Å². The lowest BCUT2D eigenvalue weighted by Crippen LogP contribution is -2.54. The fourth-order valence-electron chi connectivity index (χ4n) is 8.89. The van der Waals surface area contributed by atoms with E-state index in [9.17, 15) is 10.2 Å². The maximum Gasteiger partial charge on any atom is 0.394 e. The van der Waals surface area contributed by atoms with Gasteiger partial charge in [-0.1, -0.05) is 12.2 Å². The number of benzene rings is 2. The van der Waals surface area contributed by atoms with Gasteiger partial charge in [-0.2, -0.15) is 8.42 Å². The molecular weight excluding hydrogens is 729 g/mol. The molecule has 2 aromatic heterocycles. The molecule has 2 aromatic carbocycles. The number of methoxy groups -OCH3 is 2. The maximum absolute atomic E-state index is 11.2. The predicted octanol–water partition coefficient (Wildman–Crippen LogP) is 4.04. The second-order valence-corrected chi connectivity index (χ2v) is 15.3. The van der Waals surface area contributed by atoms with Gasteiger partial charge in [0, 0.05) is 48.3 Å². The Morgan fingerprint density at radius 3 is 1.42 bits per heavy atom. The van der Waals surface area contributed by atoms with E-state index in [0.29, 0.717) is 23.7 Å². The van der Waals surface area contributed by atoms with Crippen LogP contribution in [-0.4, -0.2) is 111 Å². The molecule has 55 heavy (non-hydrogen) atoms. The van der Waals surface area contributed by atoms with Gasteiger partial charge in [0.1, 0.15) is 11.5 Å². The molecule has 6 fully saturated rings. The summed E-state index contributed by atoms with van der Waals surface area (Å²) in [5.41, 5.74) is 3.69. The Morgan fingerprint density at radius 1 is 0.727 bits per heavy atom. The highest BCUT2D eigenvalue weighted by molar-refractivity contribution is 7.79. The van der Waals surface area contributed by atoms with Crippen molar-refractivity contribution in [2.75, 3.05) is 40.4 Å². The van der Waals surface area contributed by atoms with Crippen molar-refractivity contribution in [2.24, 2.45) is 23.7 Å². The molecule has 4 aromatic rings. The molecule has 10 atom stereocenters. The SMILES string of the molecule is C=CC1CN2CCC1CC2C(O)c1ccnc2ccc(OC)cc12.C=CC1CN2CCC1CC2C(O)c1ccnc2ccc(OC)cc12.O.O.O=S(=O)(O)O. The summed E-state index contributed by atoms with van der Waals surface area (Å²) in [6.07, 6.45) is 11.2. The molecule has 300 valence electrons. The Kier molecular flexibility index (Phi) is 14.9. The summed E-state index contributed by atoms with van der Waals surface area (Å²) in [5, 5.41) is 24.3. The lowest BCUT2D eigenvalue weighted by Gasteiger charge is -2.50. The smallest absolute Gasteiger partial charge is 0.394 e. The maximum atomic E-state index is 11.2. The number of rotatable bonds is 8. The van der Waals surface area contributed by atoms with Crippen LogP contribution in [0.25, 0.3) is 21.8 Å². The van der Waals surface area contributed by atoms with Crippen LogP contribution in [0, 0.1) is 23.7 Å². The van der Waals surface area contributed by atoms with E-state index in [1.165, 1.54) is 12.8 Å². The zero-order valence-corrected chi connectivity index (χ0v) is 32.1. The van der Waals surface area contributed by atoms with Gasteiger partial charge in [0.05, 0.1) is 37.5 Å². The van der Waals surface area contributed by atoms with Crippen LogP contribution in [0.15, 0.2) is 86.2 Å². The van der Waals surface area contributed by atoms with Crippen LogP contribution < -0.4 is 9.47 Å². The van der Waals surface area contributed by atoms with E-state index < -0.39 is 22.6 Å². The molecule has 0 radical (unpaired) electrons. The van der Waals surface area contributed by atoms with Gasteiger partial charge in [-0.3, -0.25) is 28.9 Å². The minimum Gasteiger partial charge on any atom is -0.497 e. The number of aliphatic hydroxyl groups is 2. The fraction of sp³-hybridized carbons (Fsp3) is 0.450. The summed E-state index contributed by atoms with van der Waals surface area (Å²) in [7, 11) is -1.34. The average Bonchev–Trinajstić information content (AvgIpc) is 3.19. The third-order valence-corrected chi connectivity index (χ3v) is 11.6. The Labute approximate surface area is 322 Å². The first-order valence-electron chi connectivity index (χ1n) is 18.1. The second-order valence-electron chi connectivity index (χ2n) is 14.4. The van der Waals surface area contributed by atoms with Gasteiger partial charge in [-0.25, -0.2) is 0 Å².